The summed E-state index contributed by atoms with van der Waals surface area (Å²) in [5, 5.41) is 1.10. The van der Waals surface area contributed by atoms with Gasteiger partial charge in [0.25, 0.3) is 0 Å². The Morgan fingerprint density at radius 2 is 1.83 bits per heavy atom. The molecule has 0 radical (unpaired) electrons. The number of likely N-dealkylation sites (N-methyl/N-ethyl adjacent to an activating group) is 1. The lowest BCUT2D eigenvalue weighted by molar-refractivity contribution is -0.158. The number of para-hydroxylation sites is 1. The topological polar surface area (TPSA) is 64.0 Å². The van der Waals surface area contributed by atoms with Gasteiger partial charge in [0.05, 0.1) is 19.1 Å². The molecule has 1 saturated heterocycles. The van der Waals surface area contributed by atoms with Crippen LogP contribution in [0.5, 0.6) is 11.5 Å². The van der Waals surface area contributed by atoms with Crippen LogP contribution in [-0.4, -0.2) is 52.6 Å². The Labute approximate surface area is 167 Å². The molecule has 0 bridgehead atoms. The average Bonchev–Trinajstić information content (AvgIpc) is 3.34. The van der Waals surface area contributed by atoms with Crippen molar-refractivity contribution in [3.63, 3.8) is 0 Å². The quantitative estimate of drug-likeness (QED) is 0.640. The highest BCUT2D eigenvalue weighted by Gasteiger charge is 2.47. The van der Waals surface area contributed by atoms with Crippen molar-refractivity contribution >= 4 is 22.7 Å². The standard InChI is InChI=1S/C22H19N3O4/c1-23-11-20(26)25-17(22(23)27)10-24-15-5-3-2-4-13(15)8-16(24)21(25)14-6-7-18-19(9-14)29-12-28-18/h2-9,17,21H,10-12H2,1H3/t17-,21-/m1/s1. The molecule has 146 valence electrons. The number of hydrogen-bond acceptors (Lipinski definition) is 4. The van der Waals surface area contributed by atoms with Gasteiger partial charge in [-0.2, -0.15) is 0 Å². The van der Waals surface area contributed by atoms with E-state index in [0.717, 1.165) is 22.2 Å². The van der Waals surface area contributed by atoms with Crippen LogP contribution < -0.4 is 9.47 Å². The van der Waals surface area contributed by atoms with Gasteiger partial charge in [0.2, 0.25) is 18.6 Å². The maximum Gasteiger partial charge on any atom is 0.247 e. The SMILES string of the molecule is CN1CC(=O)N2[C@H](c3ccc4c(c3)OCO4)c3cc4ccccc4n3C[C@@H]2C1=O. The molecule has 7 heteroatoms. The summed E-state index contributed by atoms with van der Waals surface area (Å²) >= 11 is 0. The van der Waals surface area contributed by atoms with E-state index in [1.54, 1.807) is 11.9 Å². The molecule has 4 heterocycles. The number of hydrogen-bond donors (Lipinski definition) is 0. The van der Waals surface area contributed by atoms with Crippen LogP contribution in [0.4, 0.5) is 0 Å². The highest BCUT2D eigenvalue weighted by Crippen LogP contribution is 2.43. The van der Waals surface area contributed by atoms with E-state index in [4.69, 9.17) is 9.47 Å². The number of carbonyl (C=O) groups is 2. The van der Waals surface area contributed by atoms with E-state index in [2.05, 4.69) is 22.8 Å². The fourth-order valence-corrected chi connectivity index (χ4v) is 4.79. The molecule has 1 fully saturated rings. The minimum atomic E-state index is -0.528. The summed E-state index contributed by atoms with van der Waals surface area (Å²) in [6, 6.07) is 15.1. The molecule has 0 N–H and O–H groups in total. The zero-order chi connectivity index (χ0) is 19.7. The highest BCUT2D eigenvalue weighted by molar-refractivity contribution is 5.96. The molecule has 0 saturated carbocycles. The van der Waals surface area contributed by atoms with Gasteiger partial charge in [-0.25, -0.2) is 0 Å². The summed E-state index contributed by atoms with van der Waals surface area (Å²) in [5.74, 6) is 1.29. The summed E-state index contributed by atoms with van der Waals surface area (Å²) in [6.45, 7) is 0.744. The van der Waals surface area contributed by atoms with E-state index in [1.165, 1.54) is 4.90 Å². The summed E-state index contributed by atoms with van der Waals surface area (Å²) < 4.78 is 13.2. The average molecular weight is 389 g/mol. The molecule has 2 amide bonds. The van der Waals surface area contributed by atoms with Crippen LogP contribution in [0, 0.1) is 0 Å². The minimum Gasteiger partial charge on any atom is -0.454 e. The summed E-state index contributed by atoms with van der Waals surface area (Å²) in [5.41, 5.74) is 2.99. The molecule has 1 aromatic heterocycles. The second-order valence-corrected chi connectivity index (χ2v) is 7.76. The van der Waals surface area contributed by atoms with Crippen molar-refractivity contribution in [2.75, 3.05) is 20.4 Å². The van der Waals surface area contributed by atoms with E-state index in [1.807, 2.05) is 30.3 Å². The molecule has 2 aromatic carbocycles. The van der Waals surface area contributed by atoms with Gasteiger partial charge in [0.1, 0.15) is 6.04 Å². The lowest BCUT2D eigenvalue weighted by Gasteiger charge is -2.47. The van der Waals surface area contributed by atoms with E-state index in [-0.39, 0.29) is 31.2 Å². The number of ether oxygens (including phenoxy) is 2. The second-order valence-electron chi connectivity index (χ2n) is 7.76. The minimum absolute atomic E-state index is 0.0289. The number of benzene rings is 2. The molecular formula is C22H19N3O4. The number of nitrogens with zero attached hydrogens (tertiary/aromatic N) is 3. The molecule has 0 spiro atoms. The van der Waals surface area contributed by atoms with Gasteiger partial charge in [-0.3, -0.25) is 9.59 Å². The fourth-order valence-electron chi connectivity index (χ4n) is 4.79. The third-order valence-electron chi connectivity index (χ3n) is 6.13. The van der Waals surface area contributed by atoms with Crippen LogP contribution in [0.25, 0.3) is 10.9 Å². The first-order chi connectivity index (χ1) is 14.1. The normalized spacial score (nSPS) is 22.8. The predicted octanol–water partition coefficient (Wildman–Crippen LogP) is 2.14. The van der Waals surface area contributed by atoms with Crippen LogP contribution >= 0.6 is 0 Å². The molecule has 6 rings (SSSR count). The number of carbonyl (C=O) groups excluding carboxylic acids is 2. The van der Waals surface area contributed by atoms with Crippen molar-refractivity contribution < 1.29 is 19.1 Å². The Balaban J connectivity index is 1.59. The van der Waals surface area contributed by atoms with Crippen LogP contribution in [0.3, 0.4) is 0 Å². The molecule has 7 nitrogen and oxygen atoms in total. The highest BCUT2D eigenvalue weighted by atomic mass is 16.7. The third kappa shape index (κ3) is 2.24. The maximum absolute atomic E-state index is 13.1. The lowest BCUT2D eigenvalue weighted by Crippen LogP contribution is -2.63. The van der Waals surface area contributed by atoms with Crippen LogP contribution in [-0.2, 0) is 16.1 Å². The van der Waals surface area contributed by atoms with Crippen LogP contribution in [0.2, 0.25) is 0 Å². The Bertz CT molecular complexity index is 1180. The molecule has 3 aromatic rings. The summed E-state index contributed by atoms with van der Waals surface area (Å²) in [4.78, 5) is 29.4. The number of piperazine rings is 1. The maximum atomic E-state index is 13.1. The number of amides is 2. The number of fused-ring (bicyclic) bond motifs is 5. The van der Waals surface area contributed by atoms with Gasteiger partial charge in [-0.05, 0) is 35.2 Å². The van der Waals surface area contributed by atoms with Crippen molar-refractivity contribution in [2.45, 2.75) is 18.6 Å². The first kappa shape index (κ1) is 16.5. The van der Waals surface area contributed by atoms with Gasteiger partial charge in [0, 0.05) is 18.3 Å². The first-order valence-electron chi connectivity index (χ1n) is 9.65. The molecule has 29 heavy (non-hydrogen) atoms. The molecule has 0 unspecified atom stereocenters. The Hall–Kier alpha value is -3.48. The zero-order valence-corrected chi connectivity index (χ0v) is 15.9. The largest absolute Gasteiger partial charge is 0.454 e. The van der Waals surface area contributed by atoms with Crippen LogP contribution in [0.15, 0.2) is 48.5 Å². The smallest absolute Gasteiger partial charge is 0.247 e. The Kier molecular flexibility index (Phi) is 3.27. The van der Waals surface area contributed by atoms with Crippen LogP contribution in [0.1, 0.15) is 17.3 Å². The van der Waals surface area contributed by atoms with Gasteiger partial charge in [-0.15, -0.1) is 0 Å². The Morgan fingerprint density at radius 3 is 2.72 bits per heavy atom. The van der Waals surface area contributed by atoms with Crippen molar-refractivity contribution in [1.82, 2.24) is 14.4 Å². The van der Waals surface area contributed by atoms with Gasteiger partial charge in [0.15, 0.2) is 11.5 Å². The van der Waals surface area contributed by atoms with E-state index in [0.29, 0.717) is 18.0 Å². The van der Waals surface area contributed by atoms with Crippen molar-refractivity contribution in [2.24, 2.45) is 0 Å². The summed E-state index contributed by atoms with van der Waals surface area (Å²) in [7, 11) is 1.69. The van der Waals surface area contributed by atoms with E-state index in [9.17, 15) is 9.59 Å². The molecule has 3 aliphatic rings. The Morgan fingerprint density at radius 1 is 1.00 bits per heavy atom. The van der Waals surface area contributed by atoms with Crippen molar-refractivity contribution in [3.8, 4) is 11.5 Å². The fraction of sp³-hybridized carbons (Fsp3) is 0.273. The first-order valence-corrected chi connectivity index (χ1v) is 9.65. The van der Waals surface area contributed by atoms with Crippen molar-refractivity contribution in [3.05, 3.63) is 59.8 Å². The third-order valence-corrected chi connectivity index (χ3v) is 6.13. The van der Waals surface area contributed by atoms with Gasteiger partial charge in [-0.1, -0.05) is 24.3 Å². The van der Waals surface area contributed by atoms with Gasteiger partial charge >= 0.3 is 0 Å². The molecule has 0 aliphatic carbocycles. The lowest BCUT2D eigenvalue weighted by atomic mass is 9.94. The number of aromatic nitrogens is 1. The monoisotopic (exact) mass is 389 g/mol. The van der Waals surface area contributed by atoms with E-state index < -0.39 is 6.04 Å². The summed E-state index contributed by atoms with van der Waals surface area (Å²) in [6.07, 6.45) is 0. The van der Waals surface area contributed by atoms with E-state index >= 15 is 0 Å². The van der Waals surface area contributed by atoms with Gasteiger partial charge < -0.3 is 23.8 Å². The predicted molar refractivity (Wildman–Crippen MR) is 105 cm³/mol. The zero-order valence-electron chi connectivity index (χ0n) is 15.9. The van der Waals surface area contributed by atoms with Crippen molar-refractivity contribution in [1.29, 1.82) is 0 Å². The molecule has 2 atom stereocenters. The molecular weight excluding hydrogens is 370 g/mol. The number of rotatable bonds is 1. The molecule has 3 aliphatic heterocycles. The second kappa shape index (κ2) is 5.76.